The van der Waals surface area contributed by atoms with Gasteiger partial charge in [0.1, 0.15) is 0 Å². The zero-order chi connectivity index (χ0) is 20.8. The number of carbonyl (C=O) groups is 1. The number of hydrogen-bond donors (Lipinski definition) is 1. The molecule has 3 aromatic carbocycles. The van der Waals surface area contributed by atoms with Gasteiger partial charge < -0.3 is 24.8 Å². The van der Waals surface area contributed by atoms with Gasteiger partial charge in [0.05, 0.1) is 0 Å². The van der Waals surface area contributed by atoms with Crippen LogP contribution in [0, 0.1) is 0 Å². The largest absolute Gasteiger partial charge is 1.00 e. The van der Waals surface area contributed by atoms with Crippen molar-refractivity contribution in [2.75, 3.05) is 0 Å². The van der Waals surface area contributed by atoms with E-state index in [4.69, 9.17) is 0 Å². The number of allylic oxidation sites excluding steroid dienone is 1. The van der Waals surface area contributed by atoms with Gasteiger partial charge in [-0.2, -0.15) is 0 Å². The predicted molar refractivity (Wildman–Crippen MR) is 125 cm³/mol. The molecule has 0 bridgehead atoms. The van der Waals surface area contributed by atoms with E-state index in [9.17, 15) is 4.79 Å². The smallest absolute Gasteiger partial charge is 1.00 e. The average molecular weight is 517 g/mol. The summed E-state index contributed by atoms with van der Waals surface area (Å²) in [7, 11) is 0. The van der Waals surface area contributed by atoms with Gasteiger partial charge in [0.15, 0.2) is 0 Å². The Labute approximate surface area is 211 Å². The van der Waals surface area contributed by atoms with Crippen molar-refractivity contribution in [3.63, 3.8) is 0 Å². The van der Waals surface area contributed by atoms with Gasteiger partial charge in [-0.1, -0.05) is 0 Å². The molecule has 6 heteroatoms. The Bertz CT molecular complexity index is 977. The summed E-state index contributed by atoms with van der Waals surface area (Å²) in [6.45, 7) is 0.561. The Balaban J connectivity index is 0.00000181. The molecule has 1 aliphatic rings. The second-order valence-corrected chi connectivity index (χ2v) is 18.1. The number of hydrogen-bond acceptors (Lipinski definition) is 1. The molecular formula is C26H28Cl2NOSiTi. The Morgan fingerprint density at radius 1 is 0.875 bits per heavy atom. The quantitative estimate of drug-likeness (QED) is 0.350. The topological polar surface area (TPSA) is 29.1 Å². The molecule has 0 fully saturated rings. The summed E-state index contributed by atoms with van der Waals surface area (Å²) in [5, 5.41) is 2.87. The number of nitrogens with one attached hydrogen (secondary N) is 1. The molecule has 1 unspecified atom stereocenters. The first-order valence-corrected chi connectivity index (χ1v) is 16.9. The van der Waals surface area contributed by atoms with Gasteiger partial charge in [0.2, 0.25) is 0 Å². The van der Waals surface area contributed by atoms with Crippen LogP contribution in [0.4, 0.5) is 0 Å². The Morgan fingerprint density at radius 2 is 1.44 bits per heavy atom. The fourth-order valence-electron chi connectivity index (χ4n) is 4.25. The maximum Gasteiger partial charge on any atom is -1.00 e. The molecule has 1 aliphatic carbocycles. The summed E-state index contributed by atoms with van der Waals surface area (Å²) >= 11 is -2.10. The minimum Gasteiger partial charge on any atom is -1.00 e. The minimum atomic E-state index is -2.10. The maximum absolute atomic E-state index is 13.0. The summed E-state index contributed by atoms with van der Waals surface area (Å²) in [4.78, 5) is 13.0. The van der Waals surface area contributed by atoms with Crippen molar-refractivity contribution in [3.8, 4) is 0 Å². The normalized spacial score (nSPS) is 13.6. The molecule has 2 nitrogen and oxygen atoms in total. The molecule has 0 spiro atoms. The standard InChI is InChI=1S/C12H11Si.C9H7.C5H11NO.2ClH.Ti/c1-3-7-11(8-4-1)13-12-9-5-2-6-10-12;1-2-5-9-7-3-6-8(9)4-1;1-2-3-4-5(6)7;;;/h1-10,13H;1-7H;2-4H2,1H3,(H2,6,7);2*1H;/q;;;;;+3/p-3. The van der Waals surface area contributed by atoms with Crippen molar-refractivity contribution in [3.05, 3.63) is 102 Å². The zero-order valence-electron chi connectivity index (χ0n) is 18.2. The Kier molecular flexibility index (Phi) is 11.0. The van der Waals surface area contributed by atoms with Crippen LogP contribution in [0.1, 0.15) is 41.5 Å². The molecule has 32 heavy (non-hydrogen) atoms. The van der Waals surface area contributed by atoms with Crippen LogP contribution in [-0.2, 0) is 22.2 Å². The van der Waals surface area contributed by atoms with Crippen LogP contribution >= 0.6 is 0 Å². The van der Waals surface area contributed by atoms with Crippen molar-refractivity contribution < 1.29 is 47.0 Å². The number of benzene rings is 3. The van der Waals surface area contributed by atoms with Crippen molar-refractivity contribution >= 4 is 29.0 Å². The molecule has 1 atom stereocenters. The van der Waals surface area contributed by atoms with E-state index in [0.717, 1.165) is 12.8 Å². The maximum atomic E-state index is 13.0. The molecule has 0 saturated carbocycles. The van der Waals surface area contributed by atoms with Crippen LogP contribution in [-0.4, -0.2) is 12.6 Å². The van der Waals surface area contributed by atoms with Crippen LogP contribution < -0.4 is 39.0 Å². The third-order valence-corrected chi connectivity index (χ3v) is 19.3. The number of halogens is 2. The fraction of sp³-hybridized carbons (Fsp3) is 0.192. The van der Waals surface area contributed by atoms with Gasteiger partial charge in [-0.3, -0.25) is 0 Å². The monoisotopic (exact) mass is 516 g/mol. The molecular weight excluding hydrogens is 489 g/mol. The van der Waals surface area contributed by atoms with Gasteiger partial charge in [-0.15, -0.1) is 0 Å². The molecule has 165 valence electrons. The molecule has 1 amide bonds. The third-order valence-electron chi connectivity index (χ3n) is 5.75. The van der Waals surface area contributed by atoms with Crippen molar-refractivity contribution in [1.82, 2.24) is 3.80 Å². The van der Waals surface area contributed by atoms with E-state index in [0.29, 0.717) is 10.6 Å². The van der Waals surface area contributed by atoms with E-state index >= 15 is 0 Å². The molecule has 0 saturated heterocycles. The third kappa shape index (κ3) is 6.24. The van der Waals surface area contributed by atoms with Crippen molar-refractivity contribution in [2.24, 2.45) is 0 Å². The first-order valence-electron chi connectivity index (χ1n) is 10.8. The molecule has 0 radical (unpaired) electrons. The second kappa shape index (κ2) is 13.2. The van der Waals surface area contributed by atoms with E-state index in [1.165, 1.54) is 21.5 Å². The first kappa shape index (κ1) is 26.6. The van der Waals surface area contributed by atoms with Gasteiger partial charge in [-0.05, 0) is 0 Å². The number of fused-ring (bicyclic) bond motifs is 1. The Morgan fingerprint density at radius 3 is 2.03 bits per heavy atom. The van der Waals surface area contributed by atoms with Gasteiger partial charge >= 0.3 is 188 Å². The summed E-state index contributed by atoms with van der Waals surface area (Å²) in [5.74, 6) is 0.244. The van der Waals surface area contributed by atoms with Gasteiger partial charge in [0.25, 0.3) is 0 Å². The Hall–Kier alpha value is -1.62. The molecule has 0 aliphatic heterocycles. The van der Waals surface area contributed by atoms with Crippen molar-refractivity contribution in [2.45, 2.75) is 30.4 Å². The van der Waals surface area contributed by atoms with Crippen LogP contribution in [0.15, 0.2) is 91.0 Å². The van der Waals surface area contributed by atoms with Gasteiger partial charge in [0, 0.05) is 0 Å². The summed E-state index contributed by atoms with van der Waals surface area (Å²) in [6.07, 6.45) is 7.26. The molecule has 1 N–H and O–H groups in total. The van der Waals surface area contributed by atoms with Crippen LogP contribution in [0.5, 0.6) is 0 Å². The second-order valence-electron chi connectivity index (χ2n) is 7.83. The van der Waals surface area contributed by atoms with E-state index in [1.807, 2.05) is 0 Å². The number of carbonyl (C=O) groups excluding carboxylic acids is 1. The molecule has 0 aromatic heterocycles. The molecule has 4 rings (SSSR count). The summed E-state index contributed by atoms with van der Waals surface area (Å²) < 4.78 is 4.03. The number of unbranched alkanes of at least 4 members (excludes halogenated alkanes) is 1. The summed E-state index contributed by atoms with van der Waals surface area (Å²) in [5.41, 5.74) is 2.71. The first-order chi connectivity index (χ1) is 14.8. The minimum absolute atomic E-state index is 0. The predicted octanol–water partition coefficient (Wildman–Crippen LogP) is -1.86. The number of amides is 1. The van der Waals surface area contributed by atoms with Crippen LogP contribution in [0.25, 0.3) is 6.08 Å². The van der Waals surface area contributed by atoms with E-state index < -0.39 is 24.0 Å². The van der Waals surface area contributed by atoms with E-state index in [1.54, 1.807) is 0 Å². The van der Waals surface area contributed by atoms with E-state index in [-0.39, 0.29) is 30.7 Å². The zero-order valence-corrected chi connectivity index (χ0v) is 22.4. The average Bonchev–Trinajstić information content (AvgIpc) is 3.23. The molecule has 3 aromatic rings. The number of rotatable bonds is 8. The summed E-state index contributed by atoms with van der Waals surface area (Å²) in [6, 6.07) is 30.6. The molecule has 0 heterocycles. The van der Waals surface area contributed by atoms with Crippen molar-refractivity contribution in [1.29, 1.82) is 0 Å². The SMILES string of the molecule is CCCCC(=O)[NH][Ti+2]([CH]1C=Cc2ccccc21)[SiH](c1ccccc1)c1ccccc1.[Cl-].[Cl-]. The van der Waals surface area contributed by atoms with Gasteiger partial charge in [-0.25, -0.2) is 0 Å². The van der Waals surface area contributed by atoms with E-state index in [2.05, 4.69) is 108 Å². The fourth-order valence-corrected chi connectivity index (χ4v) is 18.8. The van der Waals surface area contributed by atoms with Crippen LogP contribution in [0.3, 0.4) is 0 Å². The van der Waals surface area contributed by atoms with Crippen LogP contribution in [0.2, 0.25) is 0 Å².